The maximum absolute atomic E-state index is 12.7. The fourth-order valence-electron chi connectivity index (χ4n) is 3.12. The molecule has 1 saturated heterocycles. The van der Waals surface area contributed by atoms with Crippen LogP contribution in [0.2, 0.25) is 0 Å². The highest BCUT2D eigenvalue weighted by atomic mass is 16.5. The Morgan fingerprint density at radius 1 is 1.21 bits per heavy atom. The van der Waals surface area contributed by atoms with Crippen LogP contribution < -0.4 is 16.2 Å². The molecule has 3 rings (SSSR count). The fraction of sp³-hybridized carbons (Fsp3) is 0.429. The second-order valence-corrected chi connectivity index (χ2v) is 6.98. The van der Waals surface area contributed by atoms with Crippen LogP contribution in [0.4, 0.5) is 5.69 Å². The summed E-state index contributed by atoms with van der Waals surface area (Å²) in [6.07, 6.45) is 3.68. The summed E-state index contributed by atoms with van der Waals surface area (Å²) in [6, 6.07) is 9.50. The number of nitrogens with zero attached hydrogens (tertiary/aromatic N) is 2. The minimum absolute atomic E-state index is 0.0362. The molecule has 29 heavy (non-hydrogen) atoms. The lowest BCUT2D eigenvalue weighted by molar-refractivity contribution is 0.0858. The Hall–Kier alpha value is -3.00. The first-order valence-electron chi connectivity index (χ1n) is 9.97. The molecule has 2 N–H and O–H groups in total. The third-order valence-corrected chi connectivity index (χ3v) is 4.76. The van der Waals surface area contributed by atoms with Crippen molar-refractivity contribution in [3.8, 4) is 0 Å². The summed E-state index contributed by atoms with van der Waals surface area (Å²) in [6.45, 7) is 3.63. The number of hydrogen-bond donors (Lipinski definition) is 2. The largest absolute Gasteiger partial charge is 0.376 e. The van der Waals surface area contributed by atoms with Gasteiger partial charge in [-0.3, -0.25) is 14.4 Å². The van der Waals surface area contributed by atoms with Crippen molar-refractivity contribution in [2.24, 2.45) is 0 Å². The van der Waals surface area contributed by atoms with E-state index in [9.17, 15) is 14.4 Å². The highest BCUT2D eigenvalue weighted by Gasteiger charge is 2.19. The number of carbonyl (C=O) groups excluding carboxylic acids is 2. The first-order chi connectivity index (χ1) is 14.1. The molecular formula is C21H26N4O4. The topological polar surface area (TPSA) is 102 Å². The van der Waals surface area contributed by atoms with Gasteiger partial charge in [-0.2, -0.15) is 5.10 Å². The number of para-hydroxylation sites is 1. The van der Waals surface area contributed by atoms with Crippen molar-refractivity contribution >= 4 is 17.5 Å². The molecule has 8 nitrogen and oxygen atoms in total. The molecule has 0 bridgehead atoms. The van der Waals surface area contributed by atoms with E-state index in [0.717, 1.165) is 32.3 Å². The van der Waals surface area contributed by atoms with Gasteiger partial charge in [0.1, 0.15) is 5.69 Å². The molecule has 0 aliphatic carbocycles. The van der Waals surface area contributed by atoms with Gasteiger partial charge in [-0.15, -0.1) is 0 Å². The van der Waals surface area contributed by atoms with Crippen molar-refractivity contribution in [2.45, 2.75) is 45.3 Å². The predicted octanol–water partition coefficient (Wildman–Crippen LogP) is 2.20. The van der Waals surface area contributed by atoms with Crippen molar-refractivity contribution in [1.29, 1.82) is 0 Å². The Balaban J connectivity index is 1.70. The average molecular weight is 398 g/mol. The number of rotatable bonds is 8. The highest BCUT2D eigenvalue weighted by Crippen LogP contribution is 2.17. The molecule has 154 valence electrons. The molecule has 0 unspecified atom stereocenters. The van der Waals surface area contributed by atoms with Crippen LogP contribution in [-0.2, 0) is 11.3 Å². The van der Waals surface area contributed by atoms with Gasteiger partial charge in [0, 0.05) is 25.8 Å². The maximum atomic E-state index is 12.7. The zero-order chi connectivity index (χ0) is 20.6. The van der Waals surface area contributed by atoms with E-state index < -0.39 is 5.91 Å². The molecule has 2 heterocycles. The van der Waals surface area contributed by atoms with Gasteiger partial charge in [-0.05, 0) is 37.5 Å². The molecule has 1 atom stereocenters. The SMILES string of the molecule is CCCCn1nc(C(=O)Nc2ccccc2C(=O)NC[C@@H]2CCCO2)ccc1=O. The molecule has 0 saturated carbocycles. The maximum Gasteiger partial charge on any atom is 0.276 e. The molecule has 1 aromatic heterocycles. The van der Waals surface area contributed by atoms with Gasteiger partial charge in [0.15, 0.2) is 0 Å². The lowest BCUT2D eigenvalue weighted by atomic mass is 10.1. The number of anilines is 1. The third-order valence-electron chi connectivity index (χ3n) is 4.76. The molecule has 1 aliphatic heterocycles. The second kappa shape index (κ2) is 9.97. The molecular weight excluding hydrogens is 372 g/mol. The summed E-state index contributed by atoms with van der Waals surface area (Å²) in [5, 5.41) is 9.73. The van der Waals surface area contributed by atoms with Crippen LogP contribution in [0.25, 0.3) is 0 Å². The van der Waals surface area contributed by atoms with E-state index in [4.69, 9.17) is 4.74 Å². The number of unbranched alkanes of at least 4 members (excludes halogenated alkanes) is 1. The highest BCUT2D eigenvalue weighted by molar-refractivity contribution is 6.08. The zero-order valence-electron chi connectivity index (χ0n) is 16.5. The van der Waals surface area contributed by atoms with E-state index in [1.165, 1.54) is 16.8 Å². The summed E-state index contributed by atoms with van der Waals surface area (Å²) in [7, 11) is 0. The van der Waals surface area contributed by atoms with Gasteiger partial charge in [0.2, 0.25) is 0 Å². The van der Waals surface area contributed by atoms with Crippen LogP contribution >= 0.6 is 0 Å². The Kier molecular flexibility index (Phi) is 7.13. The number of aryl methyl sites for hydroxylation is 1. The standard InChI is InChI=1S/C21H26N4O4/c1-2-3-12-25-19(26)11-10-18(24-25)21(28)23-17-9-5-4-8-16(17)20(27)22-14-15-7-6-13-29-15/h4-5,8-11,15H,2-3,6-7,12-14H2,1H3,(H,22,27)(H,23,28)/t15-/m0/s1. The van der Waals surface area contributed by atoms with Gasteiger partial charge >= 0.3 is 0 Å². The number of amides is 2. The van der Waals surface area contributed by atoms with Crippen LogP contribution in [0.1, 0.15) is 53.5 Å². The Morgan fingerprint density at radius 2 is 2.03 bits per heavy atom. The van der Waals surface area contributed by atoms with Crippen LogP contribution in [0.15, 0.2) is 41.2 Å². The zero-order valence-corrected chi connectivity index (χ0v) is 16.5. The van der Waals surface area contributed by atoms with E-state index in [1.54, 1.807) is 24.3 Å². The molecule has 2 amide bonds. The van der Waals surface area contributed by atoms with Gasteiger partial charge in [0.05, 0.1) is 17.4 Å². The minimum Gasteiger partial charge on any atom is -0.376 e. The summed E-state index contributed by atoms with van der Waals surface area (Å²) in [5.74, 6) is -0.758. The molecule has 1 aromatic carbocycles. The number of hydrogen-bond acceptors (Lipinski definition) is 5. The number of nitrogens with one attached hydrogen (secondary N) is 2. The quantitative estimate of drug-likeness (QED) is 0.710. The van der Waals surface area contributed by atoms with Crippen LogP contribution in [-0.4, -0.2) is 40.9 Å². The van der Waals surface area contributed by atoms with Crippen molar-refractivity contribution in [2.75, 3.05) is 18.5 Å². The first-order valence-corrected chi connectivity index (χ1v) is 9.97. The summed E-state index contributed by atoms with van der Waals surface area (Å²) in [4.78, 5) is 37.1. The Labute approximate surface area is 169 Å². The van der Waals surface area contributed by atoms with Crippen LogP contribution in [0.3, 0.4) is 0 Å². The first kappa shape index (κ1) is 20.7. The molecule has 1 aliphatic rings. The summed E-state index contributed by atoms with van der Waals surface area (Å²) >= 11 is 0. The van der Waals surface area contributed by atoms with E-state index >= 15 is 0 Å². The fourth-order valence-corrected chi connectivity index (χ4v) is 3.12. The van der Waals surface area contributed by atoms with Gasteiger partial charge in [0.25, 0.3) is 17.4 Å². The minimum atomic E-state index is -0.477. The number of aromatic nitrogens is 2. The Morgan fingerprint density at radius 3 is 2.79 bits per heavy atom. The van der Waals surface area contributed by atoms with Crippen LogP contribution in [0, 0.1) is 0 Å². The van der Waals surface area contributed by atoms with Crippen molar-refractivity contribution in [3.63, 3.8) is 0 Å². The molecule has 8 heteroatoms. The smallest absolute Gasteiger partial charge is 0.276 e. The molecule has 0 radical (unpaired) electrons. The van der Waals surface area contributed by atoms with E-state index in [-0.39, 0.29) is 23.3 Å². The number of ether oxygens (including phenoxy) is 1. The molecule has 2 aromatic rings. The number of benzene rings is 1. The van der Waals surface area contributed by atoms with E-state index in [1.807, 2.05) is 6.92 Å². The van der Waals surface area contributed by atoms with Crippen molar-refractivity contribution < 1.29 is 14.3 Å². The van der Waals surface area contributed by atoms with Gasteiger partial charge in [-0.25, -0.2) is 4.68 Å². The number of carbonyl (C=O) groups is 2. The van der Waals surface area contributed by atoms with Gasteiger partial charge < -0.3 is 15.4 Å². The predicted molar refractivity (Wildman–Crippen MR) is 109 cm³/mol. The monoisotopic (exact) mass is 398 g/mol. The van der Waals surface area contributed by atoms with E-state index in [0.29, 0.717) is 24.3 Å². The molecule has 1 fully saturated rings. The average Bonchev–Trinajstić information content (AvgIpc) is 3.25. The van der Waals surface area contributed by atoms with E-state index in [2.05, 4.69) is 15.7 Å². The summed E-state index contributed by atoms with van der Waals surface area (Å²) in [5.41, 5.74) is 0.618. The van der Waals surface area contributed by atoms with Gasteiger partial charge in [-0.1, -0.05) is 25.5 Å². The lowest BCUT2D eigenvalue weighted by Gasteiger charge is -2.14. The van der Waals surface area contributed by atoms with Crippen LogP contribution in [0.5, 0.6) is 0 Å². The second-order valence-electron chi connectivity index (χ2n) is 6.98. The lowest BCUT2D eigenvalue weighted by Crippen LogP contribution is -2.32. The Bertz CT molecular complexity index is 919. The third kappa shape index (κ3) is 5.51. The van der Waals surface area contributed by atoms with Crippen molar-refractivity contribution in [1.82, 2.24) is 15.1 Å². The molecule has 0 spiro atoms. The van der Waals surface area contributed by atoms with Crippen molar-refractivity contribution in [3.05, 3.63) is 58.0 Å². The normalized spacial score (nSPS) is 15.8. The summed E-state index contributed by atoms with van der Waals surface area (Å²) < 4.78 is 6.81.